The van der Waals surface area contributed by atoms with E-state index in [0.717, 1.165) is 10.7 Å². The zero-order chi connectivity index (χ0) is 9.84. The van der Waals surface area contributed by atoms with Gasteiger partial charge in [-0.05, 0) is 13.8 Å². The molecule has 2 atom stereocenters. The maximum Gasteiger partial charge on any atom is 0.118 e. The molecule has 0 aliphatic heterocycles. The molecule has 0 aromatic carbocycles. The Morgan fingerprint density at radius 3 is 2.46 bits per heavy atom. The lowest BCUT2D eigenvalue weighted by atomic mass is 10.3. The summed E-state index contributed by atoms with van der Waals surface area (Å²) in [6, 6.07) is 0. The summed E-state index contributed by atoms with van der Waals surface area (Å²) in [7, 11) is 0. The summed E-state index contributed by atoms with van der Waals surface area (Å²) in [6.07, 6.45) is 3.02. The second kappa shape index (κ2) is 4.58. The van der Waals surface area contributed by atoms with E-state index in [2.05, 4.69) is 9.97 Å². The van der Waals surface area contributed by atoms with Crippen molar-refractivity contribution in [2.75, 3.05) is 0 Å². The molecular weight excluding hydrogens is 184 g/mol. The molecule has 0 aliphatic rings. The second-order valence-electron chi connectivity index (χ2n) is 3.01. The van der Waals surface area contributed by atoms with Gasteiger partial charge >= 0.3 is 0 Å². The lowest BCUT2D eigenvalue weighted by Gasteiger charge is -2.13. The van der Waals surface area contributed by atoms with E-state index in [9.17, 15) is 5.11 Å². The number of hydrogen-bond acceptors (Lipinski definition) is 4. The number of aliphatic hydroxyl groups excluding tert-OH is 1. The first-order valence-electron chi connectivity index (χ1n) is 4.23. The fraction of sp³-hybridized carbons (Fsp3) is 0.556. The van der Waals surface area contributed by atoms with Crippen molar-refractivity contribution in [1.29, 1.82) is 0 Å². The molecular formula is C9H14N2OS. The van der Waals surface area contributed by atoms with Gasteiger partial charge < -0.3 is 5.11 Å². The fourth-order valence-electron chi connectivity index (χ4n) is 0.785. The van der Waals surface area contributed by atoms with Gasteiger partial charge in [-0.2, -0.15) is 0 Å². The molecule has 0 saturated carbocycles. The van der Waals surface area contributed by atoms with E-state index in [4.69, 9.17) is 0 Å². The standard InChI is InChI=1S/C9H14N2OS/c1-6-9(11-5-4-10-6)13-8(3)7(2)12/h4-5,7-8,12H,1-3H3. The van der Waals surface area contributed by atoms with Crippen LogP contribution in [0.3, 0.4) is 0 Å². The Morgan fingerprint density at radius 2 is 1.92 bits per heavy atom. The molecule has 0 fully saturated rings. The summed E-state index contributed by atoms with van der Waals surface area (Å²) in [4.78, 5) is 8.32. The fourth-order valence-corrected chi connectivity index (χ4v) is 1.68. The highest BCUT2D eigenvalue weighted by Gasteiger charge is 2.12. The van der Waals surface area contributed by atoms with Crippen molar-refractivity contribution in [3.8, 4) is 0 Å². The number of rotatable bonds is 3. The van der Waals surface area contributed by atoms with Gasteiger partial charge in [0.15, 0.2) is 0 Å². The average Bonchev–Trinajstić information content (AvgIpc) is 2.08. The molecule has 0 radical (unpaired) electrons. The maximum absolute atomic E-state index is 9.30. The van der Waals surface area contributed by atoms with Crippen LogP contribution in [0.4, 0.5) is 0 Å². The minimum atomic E-state index is -0.327. The molecule has 0 aliphatic carbocycles. The van der Waals surface area contributed by atoms with Crippen LogP contribution >= 0.6 is 11.8 Å². The van der Waals surface area contributed by atoms with E-state index in [0.29, 0.717) is 0 Å². The lowest BCUT2D eigenvalue weighted by molar-refractivity contribution is 0.196. The van der Waals surface area contributed by atoms with E-state index >= 15 is 0 Å². The normalized spacial score (nSPS) is 15.4. The number of aliphatic hydroxyl groups is 1. The molecule has 1 aromatic heterocycles. The molecule has 0 amide bonds. The van der Waals surface area contributed by atoms with Gasteiger partial charge in [0, 0.05) is 17.6 Å². The van der Waals surface area contributed by atoms with Crippen molar-refractivity contribution in [3.05, 3.63) is 18.1 Å². The van der Waals surface area contributed by atoms with Crippen LogP contribution in [0.5, 0.6) is 0 Å². The van der Waals surface area contributed by atoms with Gasteiger partial charge in [-0.3, -0.25) is 4.98 Å². The number of aryl methyl sites for hydroxylation is 1. The van der Waals surface area contributed by atoms with E-state index in [-0.39, 0.29) is 11.4 Å². The van der Waals surface area contributed by atoms with Gasteiger partial charge in [-0.1, -0.05) is 18.7 Å². The SMILES string of the molecule is Cc1nccnc1SC(C)C(C)O. The molecule has 1 N–H and O–H groups in total. The molecule has 1 aromatic rings. The monoisotopic (exact) mass is 198 g/mol. The third-order valence-electron chi connectivity index (χ3n) is 1.81. The van der Waals surface area contributed by atoms with Gasteiger partial charge in [0.2, 0.25) is 0 Å². The lowest BCUT2D eigenvalue weighted by Crippen LogP contribution is -2.15. The maximum atomic E-state index is 9.30. The van der Waals surface area contributed by atoms with Gasteiger partial charge in [0.1, 0.15) is 5.03 Å². The highest BCUT2D eigenvalue weighted by Crippen LogP contribution is 2.24. The Hall–Kier alpha value is -0.610. The van der Waals surface area contributed by atoms with Gasteiger partial charge in [0.05, 0.1) is 11.8 Å². The summed E-state index contributed by atoms with van der Waals surface area (Å²) in [5, 5.41) is 10.4. The number of thioether (sulfide) groups is 1. The van der Waals surface area contributed by atoms with Crippen LogP contribution in [0.2, 0.25) is 0 Å². The smallest absolute Gasteiger partial charge is 0.118 e. The average molecular weight is 198 g/mol. The van der Waals surface area contributed by atoms with Gasteiger partial charge in [-0.25, -0.2) is 4.98 Å². The predicted octanol–water partition coefficient (Wildman–Crippen LogP) is 1.65. The van der Waals surface area contributed by atoms with Crippen molar-refractivity contribution in [3.63, 3.8) is 0 Å². The van der Waals surface area contributed by atoms with Crippen molar-refractivity contribution in [2.24, 2.45) is 0 Å². The van der Waals surface area contributed by atoms with E-state index in [1.165, 1.54) is 0 Å². The molecule has 3 nitrogen and oxygen atoms in total. The first-order valence-corrected chi connectivity index (χ1v) is 5.11. The van der Waals surface area contributed by atoms with Crippen molar-refractivity contribution in [1.82, 2.24) is 9.97 Å². The summed E-state index contributed by atoms with van der Waals surface area (Å²) < 4.78 is 0. The Balaban J connectivity index is 2.69. The van der Waals surface area contributed by atoms with E-state index < -0.39 is 0 Å². The summed E-state index contributed by atoms with van der Waals surface area (Å²) in [6.45, 7) is 5.68. The molecule has 2 unspecified atom stereocenters. The van der Waals surface area contributed by atoms with Gasteiger partial charge in [-0.15, -0.1) is 0 Å². The molecule has 4 heteroatoms. The highest BCUT2D eigenvalue weighted by atomic mass is 32.2. The van der Waals surface area contributed by atoms with E-state index in [1.807, 2.05) is 13.8 Å². The number of nitrogens with zero attached hydrogens (tertiary/aromatic N) is 2. The van der Waals surface area contributed by atoms with Crippen LogP contribution in [0.25, 0.3) is 0 Å². The van der Waals surface area contributed by atoms with Crippen molar-refractivity contribution in [2.45, 2.75) is 37.2 Å². The summed E-state index contributed by atoms with van der Waals surface area (Å²) in [5.74, 6) is 0. The topological polar surface area (TPSA) is 46.0 Å². The Morgan fingerprint density at radius 1 is 1.31 bits per heavy atom. The first kappa shape index (κ1) is 10.5. The summed E-state index contributed by atoms with van der Waals surface area (Å²) in [5.41, 5.74) is 0.917. The minimum Gasteiger partial charge on any atom is -0.392 e. The van der Waals surface area contributed by atoms with Crippen LogP contribution < -0.4 is 0 Å². The second-order valence-corrected chi connectivity index (χ2v) is 4.38. The van der Waals surface area contributed by atoms with Crippen LogP contribution in [-0.4, -0.2) is 26.4 Å². The van der Waals surface area contributed by atoms with Gasteiger partial charge in [0.25, 0.3) is 0 Å². The highest BCUT2D eigenvalue weighted by molar-refractivity contribution is 7.99. The van der Waals surface area contributed by atoms with Crippen molar-refractivity contribution >= 4 is 11.8 Å². The van der Waals surface area contributed by atoms with Crippen LogP contribution in [0, 0.1) is 6.92 Å². The zero-order valence-electron chi connectivity index (χ0n) is 8.06. The quantitative estimate of drug-likeness (QED) is 0.750. The molecule has 13 heavy (non-hydrogen) atoms. The third kappa shape index (κ3) is 2.97. The van der Waals surface area contributed by atoms with E-state index in [1.54, 1.807) is 31.1 Å². The van der Waals surface area contributed by atoms with Crippen LogP contribution in [-0.2, 0) is 0 Å². The molecule has 72 valence electrons. The zero-order valence-corrected chi connectivity index (χ0v) is 8.88. The van der Waals surface area contributed by atoms with Crippen LogP contribution in [0.15, 0.2) is 17.4 Å². The summed E-state index contributed by atoms with van der Waals surface area (Å²) >= 11 is 1.55. The van der Waals surface area contributed by atoms with Crippen molar-refractivity contribution < 1.29 is 5.11 Å². The number of hydrogen-bond donors (Lipinski definition) is 1. The predicted molar refractivity (Wildman–Crippen MR) is 53.8 cm³/mol. The Labute approximate surface area is 82.6 Å². The third-order valence-corrected chi connectivity index (χ3v) is 3.20. The first-order chi connectivity index (χ1) is 6.11. The number of aromatic nitrogens is 2. The molecule has 0 saturated heterocycles. The van der Waals surface area contributed by atoms with Crippen LogP contribution in [0.1, 0.15) is 19.5 Å². The molecule has 1 heterocycles. The Kier molecular flexibility index (Phi) is 3.69. The molecule has 0 spiro atoms. The Bertz CT molecular complexity index is 278. The minimum absolute atomic E-state index is 0.149. The molecule has 1 rings (SSSR count). The molecule has 0 bridgehead atoms. The largest absolute Gasteiger partial charge is 0.392 e.